The third kappa shape index (κ3) is 9.99. The molecular weight excluding hydrogens is 274 g/mol. The first-order chi connectivity index (χ1) is 10.6. The first-order valence-corrected chi connectivity index (χ1v) is 9.28. The highest BCUT2D eigenvalue weighted by Crippen LogP contribution is 2.16. The fourth-order valence-electron chi connectivity index (χ4n) is 2.93. The van der Waals surface area contributed by atoms with Crippen molar-refractivity contribution in [3.63, 3.8) is 0 Å². The lowest BCUT2D eigenvalue weighted by Crippen LogP contribution is -2.50. The van der Waals surface area contributed by atoms with E-state index in [1.54, 1.807) is 0 Å². The van der Waals surface area contributed by atoms with Gasteiger partial charge in [0.2, 0.25) is 0 Å². The molecule has 0 rings (SSSR count). The molecule has 0 aromatic carbocycles. The summed E-state index contributed by atoms with van der Waals surface area (Å²) in [5.41, 5.74) is 0. The van der Waals surface area contributed by atoms with Crippen LogP contribution in [0.2, 0.25) is 0 Å². The molecule has 0 aliphatic carbocycles. The highest BCUT2D eigenvalue weighted by atomic mass is 16.5. The predicted molar refractivity (Wildman–Crippen MR) is 94.8 cm³/mol. The van der Waals surface area contributed by atoms with Crippen LogP contribution in [0.15, 0.2) is 12.7 Å². The minimum atomic E-state index is -0.302. The summed E-state index contributed by atoms with van der Waals surface area (Å²) in [6.07, 6.45) is 11.1. The molecule has 0 atom stereocenters. The molecule has 0 amide bonds. The Morgan fingerprint density at radius 3 is 1.73 bits per heavy atom. The van der Waals surface area contributed by atoms with Crippen LogP contribution in [0.1, 0.15) is 72.1 Å². The zero-order valence-corrected chi connectivity index (χ0v) is 15.2. The van der Waals surface area contributed by atoms with Gasteiger partial charge in [0.1, 0.15) is 0 Å². The average Bonchev–Trinajstić information content (AvgIpc) is 2.55. The molecule has 0 radical (unpaired) electrons. The zero-order valence-electron chi connectivity index (χ0n) is 15.2. The van der Waals surface area contributed by atoms with Crippen LogP contribution in [0.5, 0.6) is 0 Å². The van der Waals surface area contributed by atoms with Gasteiger partial charge >= 0.3 is 5.97 Å². The summed E-state index contributed by atoms with van der Waals surface area (Å²) in [6.45, 7) is 15.9. The molecule has 3 nitrogen and oxygen atoms in total. The van der Waals surface area contributed by atoms with Gasteiger partial charge in [-0.15, -0.1) is 0 Å². The van der Waals surface area contributed by atoms with Crippen molar-refractivity contribution in [2.24, 2.45) is 0 Å². The number of rotatable bonds is 15. The van der Waals surface area contributed by atoms with Gasteiger partial charge < -0.3 is 9.22 Å². The Kier molecular flexibility index (Phi) is 13.3. The lowest BCUT2D eigenvalue weighted by Gasteiger charge is -2.39. The molecule has 0 aliphatic rings. The van der Waals surface area contributed by atoms with Crippen LogP contribution >= 0.6 is 0 Å². The summed E-state index contributed by atoms with van der Waals surface area (Å²) in [5, 5.41) is 0. The zero-order chi connectivity index (χ0) is 16.7. The normalized spacial score (nSPS) is 11.4. The maximum absolute atomic E-state index is 11.1. The van der Waals surface area contributed by atoms with E-state index in [9.17, 15) is 4.79 Å². The first kappa shape index (κ1) is 21.2. The number of unbranched alkanes of at least 4 members (excludes halogenated alkanes) is 4. The van der Waals surface area contributed by atoms with E-state index in [-0.39, 0.29) is 5.97 Å². The molecule has 0 aromatic heterocycles. The minimum absolute atomic E-state index is 0.302. The second-order valence-electron chi connectivity index (χ2n) is 6.38. The van der Waals surface area contributed by atoms with E-state index in [0.29, 0.717) is 6.61 Å². The number of hydrogen-bond donors (Lipinski definition) is 0. The van der Waals surface area contributed by atoms with Crippen LogP contribution in [0.3, 0.4) is 0 Å². The number of nitrogens with zero attached hydrogens (tertiary/aromatic N) is 1. The van der Waals surface area contributed by atoms with Crippen molar-refractivity contribution < 1.29 is 14.0 Å². The second-order valence-corrected chi connectivity index (χ2v) is 6.38. The quantitative estimate of drug-likeness (QED) is 0.189. The molecule has 3 heteroatoms. The van der Waals surface area contributed by atoms with Gasteiger partial charge in [0.25, 0.3) is 0 Å². The number of esters is 1. The van der Waals surface area contributed by atoms with Crippen molar-refractivity contribution in [2.45, 2.75) is 72.1 Å². The van der Waals surface area contributed by atoms with E-state index in [0.717, 1.165) is 12.8 Å². The summed E-state index contributed by atoms with van der Waals surface area (Å²) >= 11 is 0. The van der Waals surface area contributed by atoms with Gasteiger partial charge in [-0.05, 0) is 32.1 Å². The van der Waals surface area contributed by atoms with Gasteiger partial charge in [-0.3, -0.25) is 0 Å². The number of quaternary nitrogens is 1. The summed E-state index contributed by atoms with van der Waals surface area (Å²) in [6, 6.07) is 0. The van der Waals surface area contributed by atoms with Crippen molar-refractivity contribution in [1.82, 2.24) is 0 Å². The predicted octanol–water partition coefficient (Wildman–Crippen LogP) is 4.71. The van der Waals surface area contributed by atoms with Crippen molar-refractivity contribution in [3.8, 4) is 0 Å². The lowest BCUT2D eigenvalue weighted by atomic mass is 10.1. The fourth-order valence-corrected chi connectivity index (χ4v) is 2.93. The summed E-state index contributed by atoms with van der Waals surface area (Å²) in [5.74, 6) is -0.302. The second kappa shape index (κ2) is 13.8. The molecule has 0 bridgehead atoms. The lowest BCUT2D eigenvalue weighted by molar-refractivity contribution is -0.929. The Morgan fingerprint density at radius 2 is 1.32 bits per heavy atom. The molecular formula is C19H38NO2+. The summed E-state index contributed by atoms with van der Waals surface area (Å²) < 4.78 is 6.35. The van der Waals surface area contributed by atoms with E-state index in [4.69, 9.17) is 4.74 Å². The number of carbonyl (C=O) groups excluding carboxylic acids is 1. The van der Waals surface area contributed by atoms with E-state index < -0.39 is 0 Å². The molecule has 130 valence electrons. The van der Waals surface area contributed by atoms with Crippen LogP contribution in [-0.2, 0) is 9.53 Å². The Bertz CT molecular complexity index is 267. The SMILES string of the molecule is C=CC(=O)OCCCC[N+](CCCC)(CCCC)CCCC. The fraction of sp³-hybridized carbons (Fsp3) is 0.842. The molecule has 0 unspecified atom stereocenters. The maximum atomic E-state index is 11.1. The van der Waals surface area contributed by atoms with Gasteiger partial charge in [-0.25, -0.2) is 4.79 Å². The third-order valence-corrected chi connectivity index (χ3v) is 4.40. The Labute approximate surface area is 138 Å². The molecule has 0 spiro atoms. The monoisotopic (exact) mass is 312 g/mol. The molecule has 0 saturated heterocycles. The van der Waals surface area contributed by atoms with Crippen LogP contribution in [0.4, 0.5) is 0 Å². The number of carbonyl (C=O) groups is 1. The number of hydrogen-bond acceptors (Lipinski definition) is 2. The molecule has 0 fully saturated rings. The molecule has 0 heterocycles. The van der Waals surface area contributed by atoms with Crippen molar-refractivity contribution in [2.75, 3.05) is 32.8 Å². The minimum Gasteiger partial charge on any atom is -0.463 e. The number of ether oxygens (including phenoxy) is 1. The van der Waals surface area contributed by atoms with Crippen LogP contribution in [-0.4, -0.2) is 43.2 Å². The molecule has 22 heavy (non-hydrogen) atoms. The van der Waals surface area contributed by atoms with Gasteiger partial charge in [-0.2, -0.15) is 0 Å². The Balaban J connectivity index is 4.38. The van der Waals surface area contributed by atoms with Crippen LogP contribution < -0.4 is 0 Å². The highest BCUT2D eigenvalue weighted by molar-refractivity contribution is 5.81. The summed E-state index contributed by atoms with van der Waals surface area (Å²) in [4.78, 5) is 11.1. The highest BCUT2D eigenvalue weighted by Gasteiger charge is 2.25. The molecule has 0 aliphatic heterocycles. The van der Waals surface area contributed by atoms with E-state index in [1.807, 2.05) is 0 Å². The standard InChI is InChI=1S/C19H38NO2/c1-5-9-14-20(15-10-6-2,16-11-7-3)17-12-13-18-22-19(21)8-4/h8H,4-7,9-18H2,1-3H3/q+1. The van der Waals surface area contributed by atoms with Crippen LogP contribution in [0, 0.1) is 0 Å². The molecule has 0 saturated carbocycles. The van der Waals surface area contributed by atoms with Crippen LogP contribution in [0.25, 0.3) is 0 Å². The summed E-state index contributed by atoms with van der Waals surface area (Å²) in [7, 11) is 0. The average molecular weight is 313 g/mol. The van der Waals surface area contributed by atoms with E-state index in [1.165, 1.54) is 75.3 Å². The third-order valence-electron chi connectivity index (χ3n) is 4.40. The van der Waals surface area contributed by atoms with Gasteiger partial charge in [-0.1, -0.05) is 46.6 Å². The Hall–Kier alpha value is -0.830. The van der Waals surface area contributed by atoms with Crippen molar-refractivity contribution in [3.05, 3.63) is 12.7 Å². The largest absolute Gasteiger partial charge is 0.463 e. The van der Waals surface area contributed by atoms with Gasteiger partial charge in [0, 0.05) is 6.08 Å². The first-order valence-electron chi connectivity index (χ1n) is 9.28. The van der Waals surface area contributed by atoms with Crippen molar-refractivity contribution in [1.29, 1.82) is 0 Å². The smallest absolute Gasteiger partial charge is 0.330 e. The molecule has 0 aromatic rings. The van der Waals surface area contributed by atoms with E-state index in [2.05, 4.69) is 27.4 Å². The molecule has 0 N–H and O–H groups in total. The topological polar surface area (TPSA) is 26.3 Å². The van der Waals surface area contributed by atoms with Gasteiger partial charge in [0.05, 0.1) is 32.8 Å². The van der Waals surface area contributed by atoms with Gasteiger partial charge in [0.15, 0.2) is 0 Å². The Morgan fingerprint density at radius 1 is 0.864 bits per heavy atom. The van der Waals surface area contributed by atoms with Crippen molar-refractivity contribution >= 4 is 5.97 Å². The maximum Gasteiger partial charge on any atom is 0.330 e. The van der Waals surface area contributed by atoms with E-state index >= 15 is 0 Å².